The first kappa shape index (κ1) is 9.85. The Bertz CT molecular complexity index is 250. The van der Waals surface area contributed by atoms with Crippen molar-refractivity contribution in [2.75, 3.05) is 5.88 Å². The Morgan fingerprint density at radius 3 is 2.75 bits per heavy atom. The Kier molecular flexibility index (Phi) is 3.86. The minimum atomic E-state index is -0.499. The van der Waals surface area contributed by atoms with Gasteiger partial charge in [-0.25, -0.2) is 0 Å². The van der Waals surface area contributed by atoms with E-state index in [0.717, 1.165) is 5.56 Å². The van der Waals surface area contributed by atoms with E-state index in [0.29, 0.717) is 17.3 Å². The lowest BCUT2D eigenvalue weighted by Crippen LogP contribution is -1.97. The summed E-state index contributed by atoms with van der Waals surface area (Å²) >= 11 is 11.2. The first-order chi connectivity index (χ1) is 5.74. The van der Waals surface area contributed by atoms with E-state index in [-0.39, 0.29) is 0 Å². The van der Waals surface area contributed by atoms with Gasteiger partial charge in [-0.05, 0) is 24.1 Å². The molecule has 0 aliphatic rings. The van der Waals surface area contributed by atoms with E-state index < -0.39 is 6.10 Å². The first-order valence-electron chi connectivity index (χ1n) is 3.73. The number of aliphatic hydroxyl groups excluding tert-OH is 1. The van der Waals surface area contributed by atoms with Crippen molar-refractivity contribution >= 4 is 23.2 Å². The topological polar surface area (TPSA) is 20.2 Å². The van der Waals surface area contributed by atoms with E-state index in [4.69, 9.17) is 23.2 Å². The van der Waals surface area contributed by atoms with Gasteiger partial charge in [-0.1, -0.05) is 23.7 Å². The van der Waals surface area contributed by atoms with E-state index in [2.05, 4.69) is 0 Å². The summed E-state index contributed by atoms with van der Waals surface area (Å²) in [4.78, 5) is 0. The molecule has 0 saturated heterocycles. The average molecular weight is 205 g/mol. The zero-order chi connectivity index (χ0) is 8.97. The minimum Gasteiger partial charge on any atom is -0.388 e. The molecule has 0 saturated carbocycles. The van der Waals surface area contributed by atoms with Crippen LogP contribution in [-0.4, -0.2) is 11.0 Å². The lowest BCUT2D eigenvalue weighted by Gasteiger charge is -2.08. The number of aliphatic hydroxyl groups is 1. The monoisotopic (exact) mass is 204 g/mol. The van der Waals surface area contributed by atoms with E-state index in [1.54, 1.807) is 12.1 Å². The standard InChI is InChI=1S/C9H10Cl2O/c10-5-4-9(12)7-2-1-3-8(11)6-7/h1-3,6,9,12H,4-5H2. The Morgan fingerprint density at radius 1 is 1.42 bits per heavy atom. The van der Waals surface area contributed by atoms with Gasteiger partial charge in [0.15, 0.2) is 0 Å². The molecule has 0 bridgehead atoms. The molecule has 0 heterocycles. The van der Waals surface area contributed by atoms with Gasteiger partial charge < -0.3 is 5.11 Å². The van der Waals surface area contributed by atoms with Crippen LogP contribution in [0.15, 0.2) is 24.3 Å². The van der Waals surface area contributed by atoms with Crippen LogP contribution in [-0.2, 0) is 0 Å². The van der Waals surface area contributed by atoms with Crippen molar-refractivity contribution in [1.82, 2.24) is 0 Å². The molecule has 0 radical (unpaired) electrons. The maximum absolute atomic E-state index is 9.50. The number of halogens is 2. The van der Waals surface area contributed by atoms with Crippen molar-refractivity contribution in [3.05, 3.63) is 34.9 Å². The largest absolute Gasteiger partial charge is 0.388 e. The Balaban J connectivity index is 2.73. The van der Waals surface area contributed by atoms with Crippen molar-refractivity contribution in [1.29, 1.82) is 0 Å². The summed E-state index contributed by atoms with van der Waals surface area (Å²) in [5, 5.41) is 10.1. The molecule has 0 fully saturated rings. The highest BCUT2D eigenvalue weighted by atomic mass is 35.5. The second-order valence-corrected chi connectivity index (χ2v) is 3.36. The van der Waals surface area contributed by atoms with Gasteiger partial charge in [-0.2, -0.15) is 0 Å². The smallest absolute Gasteiger partial charge is 0.0801 e. The summed E-state index contributed by atoms with van der Waals surface area (Å²) in [7, 11) is 0. The summed E-state index contributed by atoms with van der Waals surface area (Å²) in [6.45, 7) is 0. The first-order valence-corrected chi connectivity index (χ1v) is 4.65. The zero-order valence-electron chi connectivity index (χ0n) is 6.50. The highest BCUT2D eigenvalue weighted by Gasteiger charge is 2.05. The van der Waals surface area contributed by atoms with Crippen molar-refractivity contribution in [2.24, 2.45) is 0 Å². The van der Waals surface area contributed by atoms with Gasteiger partial charge in [0.2, 0.25) is 0 Å². The predicted molar refractivity (Wildman–Crippen MR) is 51.7 cm³/mol. The van der Waals surface area contributed by atoms with E-state index in [9.17, 15) is 5.11 Å². The predicted octanol–water partition coefficient (Wildman–Crippen LogP) is 3.00. The zero-order valence-corrected chi connectivity index (χ0v) is 8.02. The quantitative estimate of drug-likeness (QED) is 0.752. The number of benzene rings is 1. The number of hydrogen-bond donors (Lipinski definition) is 1. The summed E-state index contributed by atoms with van der Waals surface area (Å²) < 4.78 is 0. The third kappa shape index (κ3) is 2.67. The molecule has 3 heteroatoms. The van der Waals surface area contributed by atoms with Gasteiger partial charge in [-0.3, -0.25) is 0 Å². The lowest BCUT2D eigenvalue weighted by atomic mass is 10.1. The molecule has 1 nitrogen and oxygen atoms in total. The van der Waals surface area contributed by atoms with Crippen molar-refractivity contribution in [3.63, 3.8) is 0 Å². The van der Waals surface area contributed by atoms with Gasteiger partial charge in [0.1, 0.15) is 0 Å². The van der Waals surface area contributed by atoms with Crippen LogP contribution < -0.4 is 0 Å². The molecule has 1 N–H and O–H groups in total. The van der Waals surface area contributed by atoms with Gasteiger partial charge in [0, 0.05) is 10.9 Å². The summed E-state index contributed by atoms with van der Waals surface area (Å²) in [6.07, 6.45) is 0.0585. The van der Waals surface area contributed by atoms with Crippen molar-refractivity contribution in [3.8, 4) is 0 Å². The molecule has 0 spiro atoms. The Hall–Kier alpha value is -0.240. The molecule has 1 unspecified atom stereocenters. The number of hydrogen-bond acceptors (Lipinski definition) is 1. The van der Waals surface area contributed by atoms with Gasteiger partial charge in [0.25, 0.3) is 0 Å². The molecule has 1 aromatic rings. The number of rotatable bonds is 3. The third-order valence-corrected chi connectivity index (χ3v) is 2.07. The van der Waals surface area contributed by atoms with Crippen LogP contribution in [0.4, 0.5) is 0 Å². The Labute approximate surface area is 81.9 Å². The number of alkyl halides is 1. The van der Waals surface area contributed by atoms with E-state index in [1.807, 2.05) is 12.1 Å². The van der Waals surface area contributed by atoms with Crippen LogP contribution in [0.1, 0.15) is 18.1 Å². The van der Waals surface area contributed by atoms with Crippen LogP contribution in [0, 0.1) is 0 Å². The molecule has 0 aliphatic heterocycles. The molecule has 1 aromatic carbocycles. The molecule has 1 rings (SSSR count). The summed E-state index contributed by atoms with van der Waals surface area (Å²) in [5.41, 5.74) is 0.822. The van der Waals surface area contributed by atoms with Crippen molar-refractivity contribution in [2.45, 2.75) is 12.5 Å². The summed E-state index contributed by atoms with van der Waals surface area (Å²) in [6, 6.07) is 7.18. The lowest BCUT2D eigenvalue weighted by molar-refractivity contribution is 0.174. The molecular formula is C9H10Cl2O. The van der Waals surface area contributed by atoms with E-state index in [1.165, 1.54) is 0 Å². The van der Waals surface area contributed by atoms with Gasteiger partial charge in [0.05, 0.1) is 6.10 Å². The molecule has 0 aliphatic carbocycles. The molecule has 0 aromatic heterocycles. The van der Waals surface area contributed by atoms with Crippen LogP contribution in [0.25, 0.3) is 0 Å². The van der Waals surface area contributed by atoms with E-state index >= 15 is 0 Å². The molecule has 66 valence electrons. The minimum absolute atomic E-state index is 0.452. The summed E-state index contributed by atoms with van der Waals surface area (Å²) in [5.74, 6) is 0.452. The second kappa shape index (κ2) is 4.70. The van der Waals surface area contributed by atoms with Crippen molar-refractivity contribution < 1.29 is 5.11 Å². The Morgan fingerprint density at radius 2 is 2.17 bits per heavy atom. The third-order valence-electron chi connectivity index (χ3n) is 1.62. The fourth-order valence-electron chi connectivity index (χ4n) is 0.984. The van der Waals surface area contributed by atoms with Crippen LogP contribution in [0.5, 0.6) is 0 Å². The highest BCUT2D eigenvalue weighted by molar-refractivity contribution is 6.30. The van der Waals surface area contributed by atoms with Crippen LogP contribution in [0.3, 0.4) is 0 Å². The highest BCUT2D eigenvalue weighted by Crippen LogP contribution is 2.20. The van der Waals surface area contributed by atoms with Crippen LogP contribution in [0.2, 0.25) is 5.02 Å². The molecule has 1 atom stereocenters. The fourth-order valence-corrected chi connectivity index (χ4v) is 1.39. The maximum atomic E-state index is 9.50. The molecule has 12 heavy (non-hydrogen) atoms. The van der Waals surface area contributed by atoms with Gasteiger partial charge >= 0.3 is 0 Å². The van der Waals surface area contributed by atoms with Crippen LogP contribution >= 0.6 is 23.2 Å². The molecular weight excluding hydrogens is 195 g/mol. The van der Waals surface area contributed by atoms with Gasteiger partial charge in [-0.15, -0.1) is 11.6 Å². The SMILES string of the molecule is OC(CCCl)c1cccc(Cl)c1. The molecule has 0 amide bonds. The normalized spacial score (nSPS) is 12.9. The second-order valence-electron chi connectivity index (χ2n) is 2.55. The fraction of sp³-hybridized carbons (Fsp3) is 0.333. The average Bonchev–Trinajstić information content (AvgIpc) is 2.05. The maximum Gasteiger partial charge on any atom is 0.0801 e.